The highest BCUT2D eigenvalue weighted by molar-refractivity contribution is 5.72. The van der Waals surface area contributed by atoms with E-state index in [-0.39, 0.29) is 11.9 Å². The van der Waals surface area contributed by atoms with Crippen molar-refractivity contribution in [1.82, 2.24) is 9.78 Å². The molecule has 1 heterocycles. The van der Waals surface area contributed by atoms with Gasteiger partial charge in [-0.25, -0.2) is 0 Å². The lowest BCUT2D eigenvalue weighted by Gasteiger charge is -2.34. The van der Waals surface area contributed by atoms with Crippen LogP contribution < -0.4 is 0 Å². The Morgan fingerprint density at radius 3 is 2.83 bits per heavy atom. The standard InChI is InChI=1S/C13H20N2O3/c1-2-18-12(16)11-4-6-13(17,7-5-11)10-15-9-3-8-14-15/h3,8-9,11,17H,2,4-7,10H2,1H3. The number of carbonyl (C=O) groups excluding carboxylic acids is 1. The molecule has 0 bridgehead atoms. The van der Waals surface area contributed by atoms with Crippen LogP contribution in [0.1, 0.15) is 32.6 Å². The summed E-state index contributed by atoms with van der Waals surface area (Å²) < 4.78 is 6.76. The first-order valence-corrected chi connectivity index (χ1v) is 6.49. The van der Waals surface area contributed by atoms with Crippen molar-refractivity contribution in [2.24, 2.45) is 5.92 Å². The highest BCUT2D eigenvalue weighted by Gasteiger charge is 2.36. The fourth-order valence-corrected chi connectivity index (χ4v) is 2.50. The van der Waals surface area contributed by atoms with Crippen LogP contribution >= 0.6 is 0 Å². The van der Waals surface area contributed by atoms with Crippen LogP contribution in [-0.4, -0.2) is 33.1 Å². The Kier molecular flexibility index (Phi) is 4.01. The molecule has 0 aliphatic heterocycles. The molecule has 1 N–H and O–H groups in total. The van der Waals surface area contributed by atoms with Crippen molar-refractivity contribution in [3.05, 3.63) is 18.5 Å². The fraction of sp³-hybridized carbons (Fsp3) is 0.692. The lowest BCUT2D eigenvalue weighted by atomic mass is 9.79. The Bertz CT molecular complexity index is 381. The zero-order chi connectivity index (χ0) is 13.0. The summed E-state index contributed by atoms with van der Waals surface area (Å²) in [5.41, 5.74) is -0.741. The fourth-order valence-electron chi connectivity index (χ4n) is 2.50. The Morgan fingerprint density at radius 2 is 2.28 bits per heavy atom. The van der Waals surface area contributed by atoms with E-state index in [1.165, 1.54) is 0 Å². The van der Waals surface area contributed by atoms with Crippen molar-refractivity contribution in [1.29, 1.82) is 0 Å². The third kappa shape index (κ3) is 3.10. The minimum absolute atomic E-state index is 0.0529. The summed E-state index contributed by atoms with van der Waals surface area (Å²) in [6.45, 7) is 2.73. The van der Waals surface area contributed by atoms with Crippen molar-refractivity contribution in [2.75, 3.05) is 6.61 Å². The summed E-state index contributed by atoms with van der Waals surface area (Å²) in [5, 5.41) is 14.6. The maximum atomic E-state index is 11.6. The molecule has 0 spiro atoms. The molecule has 0 atom stereocenters. The number of nitrogens with zero attached hydrogens (tertiary/aromatic N) is 2. The van der Waals surface area contributed by atoms with Crippen molar-refractivity contribution >= 4 is 5.97 Å². The molecule has 1 saturated carbocycles. The first kappa shape index (κ1) is 13.1. The normalized spacial score (nSPS) is 28.0. The quantitative estimate of drug-likeness (QED) is 0.822. The van der Waals surface area contributed by atoms with Gasteiger partial charge in [-0.15, -0.1) is 0 Å². The van der Waals surface area contributed by atoms with E-state index in [0.717, 1.165) is 0 Å². The predicted octanol–water partition coefficient (Wildman–Crippen LogP) is 1.37. The van der Waals surface area contributed by atoms with Crippen molar-refractivity contribution in [3.63, 3.8) is 0 Å². The van der Waals surface area contributed by atoms with E-state index in [2.05, 4.69) is 5.10 Å². The number of hydrogen-bond donors (Lipinski definition) is 1. The molecule has 1 aliphatic carbocycles. The van der Waals surface area contributed by atoms with Gasteiger partial charge in [-0.3, -0.25) is 9.48 Å². The van der Waals surface area contributed by atoms with Gasteiger partial charge in [0.2, 0.25) is 0 Å². The third-order valence-corrected chi connectivity index (χ3v) is 3.55. The van der Waals surface area contributed by atoms with Gasteiger partial charge >= 0.3 is 5.97 Å². The number of esters is 1. The van der Waals surface area contributed by atoms with Gasteiger partial charge in [0.25, 0.3) is 0 Å². The highest BCUT2D eigenvalue weighted by Crippen LogP contribution is 2.33. The van der Waals surface area contributed by atoms with E-state index >= 15 is 0 Å². The minimum Gasteiger partial charge on any atom is -0.466 e. The largest absolute Gasteiger partial charge is 0.466 e. The van der Waals surface area contributed by atoms with Gasteiger partial charge in [-0.1, -0.05) is 0 Å². The van der Waals surface area contributed by atoms with E-state index in [9.17, 15) is 9.90 Å². The summed E-state index contributed by atoms with van der Waals surface area (Å²) in [6, 6.07) is 1.84. The number of carbonyl (C=O) groups is 1. The molecular weight excluding hydrogens is 232 g/mol. The van der Waals surface area contributed by atoms with E-state index in [4.69, 9.17) is 4.74 Å². The van der Waals surface area contributed by atoms with Gasteiger partial charge in [-0.05, 0) is 38.7 Å². The van der Waals surface area contributed by atoms with Gasteiger partial charge in [-0.2, -0.15) is 5.10 Å². The number of aromatic nitrogens is 2. The SMILES string of the molecule is CCOC(=O)C1CCC(O)(Cn2cccn2)CC1. The van der Waals surface area contributed by atoms with E-state index < -0.39 is 5.60 Å². The molecule has 5 nitrogen and oxygen atoms in total. The molecule has 1 aromatic rings. The molecule has 100 valence electrons. The number of aliphatic hydroxyl groups is 1. The van der Waals surface area contributed by atoms with Crippen LogP contribution in [0.4, 0.5) is 0 Å². The predicted molar refractivity (Wildman–Crippen MR) is 65.8 cm³/mol. The van der Waals surface area contributed by atoms with Gasteiger partial charge in [0.15, 0.2) is 0 Å². The van der Waals surface area contributed by atoms with Crippen molar-refractivity contribution in [2.45, 2.75) is 44.8 Å². The number of hydrogen-bond acceptors (Lipinski definition) is 4. The first-order chi connectivity index (χ1) is 8.63. The highest BCUT2D eigenvalue weighted by atomic mass is 16.5. The Labute approximate surface area is 107 Å². The van der Waals surface area contributed by atoms with E-state index in [1.807, 2.05) is 19.2 Å². The summed E-state index contributed by atoms with van der Waals surface area (Å²) in [4.78, 5) is 11.6. The molecule has 0 saturated heterocycles. The zero-order valence-electron chi connectivity index (χ0n) is 10.7. The van der Waals surface area contributed by atoms with Crippen molar-refractivity contribution < 1.29 is 14.6 Å². The summed E-state index contributed by atoms with van der Waals surface area (Å²) in [7, 11) is 0. The minimum atomic E-state index is -0.741. The smallest absolute Gasteiger partial charge is 0.308 e. The lowest BCUT2D eigenvalue weighted by Crippen LogP contribution is -2.40. The molecule has 0 radical (unpaired) electrons. The van der Waals surface area contributed by atoms with Gasteiger partial charge in [0.05, 0.1) is 24.7 Å². The molecule has 0 unspecified atom stereocenters. The topological polar surface area (TPSA) is 64.3 Å². The summed E-state index contributed by atoms with van der Waals surface area (Å²) >= 11 is 0. The molecule has 1 aromatic heterocycles. The maximum Gasteiger partial charge on any atom is 0.308 e. The van der Waals surface area contributed by atoms with Crippen LogP contribution in [0.25, 0.3) is 0 Å². The average Bonchev–Trinajstić information content (AvgIpc) is 2.82. The summed E-state index contributed by atoms with van der Waals surface area (Å²) in [5.74, 6) is -0.179. The average molecular weight is 252 g/mol. The molecule has 0 amide bonds. The maximum absolute atomic E-state index is 11.6. The molecule has 0 aromatic carbocycles. The van der Waals surface area contributed by atoms with Gasteiger partial charge in [0.1, 0.15) is 0 Å². The molecule has 2 rings (SSSR count). The van der Waals surface area contributed by atoms with Crippen LogP contribution in [-0.2, 0) is 16.1 Å². The Morgan fingerprint density at radius 1 is 1.56 bits per heavy atom. The monoisotopic (exact) mass is 252 g/mol. The summed E-state index contributed by atoms with van der Waals surface area (Å²) in [6.07, 6.45) is 6.17. The van der Waals surface area contributed by atoms with Crippen LogP contribution in [0, 0.1) is 5.92 Å². The van der Waals surface area contributed by atoms with Crippen LogP contribution in [0.3, 0.4) is 0 Å². The molecule has 1 fully saturated rings. The van der Waals surface area contributed by atoms with Gasteiger partial charge in [0, 0.05) is 12.4 Å². The lowest BCUT2D eigenvalue weighted by molar-refractivity contribution is -0.151. The zero-order valence-corrected chi connectivity index (χ0v) is 10.7. The molecule has 5 heteroatoms. The Balaban J connectivity index is 1.87. The number of ether oxygens (including phenoxy) is 1. The van der Waals surface area contributed by atoms with Gasteiger partial charge < -0.3 is 9.84 Å². The second kappa shape index (κ2) is 5.52. The number of rotatable bonds is 4. The molecule has 18 heavy (non-hydrogen) atoms. The Hall–Kier alpha value is -1.36. The molecular formula is C13H20N2O3. The van der Waals surface area contributed by atoms with Crippen LogP contribution in [0.5, 0.6) is 0 Å². The second-order valence-corrected chi connectivity index (χ2v) is 4.95. The van der Waals surface area contributed by atoms with E-state index in [0.29, 0.717) is 38.8 Å². The molecule has 1 aliphatic rings. The van der Waals surface area contributed by atoms with Crippen LogP contribution in [0.15, 0.2) is 18.5 Å². The third-order valence-electron chi connectivity index (χ3n) is 3.55. The van der Waals surface area contributed by atoms with Crippen molar-refractivity contribution in [3.8, 4) is 0 Å². The van der Waals surface area contributed by atoms with Crippen LogP contribution in [0.2, 0.25) is 0 Å². The van der Waals surface area contributed by atoms with E-state index in [1.54, 1.807) is 10.9 Å². The first-order valence-electron chi connectivity index (χ1n) is 6.49. The second-order valence-electron chi connectivity index (χ2n) is 4.95.